The van der Waals surface area contributed by atoms with E-state index < -0.39 is 17.1 Å². The molecular formula is C10H11ClFNO. The van der Waals surface area contributed by atoms with Gasteiger partial charge in [0.25, 0.3) is 0 Å². The number of hydrogen-bond acceptors (Lipinski definition) is 2. The molecule has 0 bridgehead atoms. The number of halogens is 2. The van der Waals surface area contributed by atoms with E-state index >= 15 is 0 Å². The second-order valence-corrected chi connectivity index (χ2v) is 4.21. The summed E-state index contributed by atoms with van der Waals surface area (Å²) in [4.78, 5) is 0. The van der Waals surface area contributed by atoms with Crippen LogP contribution in [0.5, 0.6) is 5.75 Å². The van der Waals surface area contributed by atoms with E-state index in [1.54, 1.807) is 6.07 Å². The zero-order valence-electron chi connectivity index (χ0n) is 7.56. The van der Waals surface area contributed by atoms with Gasteiger partial charge in [0, 0.05) is 5.54 Å². The van der Waals surface area contributed by atoms with Gasteiger partial charge in [0.05, 0.1) is 5.02 Å². The minimum Gasteiger partial charge on any atom is -0.504 e. The maximum atomic E-state index is 13.1. The smallest absolute Gasteiger partial charge is 0.170 e. The lowest BCUT2D eigenvalue weighted by atomic mass is 9.73. The van der Waals surface area contributed by atoms with Gasteiger partial charge in [0.1, 0.15) is 0 Å². The van der Waals surface area contributed by atoms with Gasteiger partial charge in [0.15, 0.2) is 11.6 Å². The topological polar surface area (TPSA) is 46.2 Å². The summed E-state index contributed by atoms with van der Waals surface area (Å²) >= 11 is 5.66. The second-order valence-electron chi connectivity index (χ2n) is 3.80. The lowest BCUT2D eigenvalue weighted by molar-refractivity contribution is 0.252. The molecule has 1 aromatic rings. The summed E-state index contributed by atoms with van der Waals surface area (Å²) in [5.74, 6) is -1.21. The van der Waals surface area contributed by atoms with Crippen molar-refractivity contribution in [1.29, 1.82) is 0 Å². The molecular weight excluding hydrogens is 205 g/mol. The number of rotatable bonds is 1. The Hall–Kier alpha value is -0.800. The van der Waals surface area contributed by atoms with Crippen molar-refractivity contribution in [2.75, 3.05) is 0 Å². The molecule has 3 N–H and O–H groups in total. The van der Waals surface area contributed by atoms with Crippen molar-refractivity contribution in [3.8, 4) is 5.75 Å². The van der Waals surface area contributed by atoms with Crippen molar-refractivity contribution in [2.45, 2.75) is 24.8 Å². The highest BCUT2D eigenvalue weighted by Crippen LogP contribution is 2.41. The first kappa shape index (κ1) is 9.74. The maximum Gasteiger partial charge on any atom is 0.170 e. The summed E-state index contributed by atoms with van der Waals surface area (Å²) in [6.45, 7) is 0. The number of benzene rings is 1. The number of aromatic hydroxyl groups is 1. The molecule has 2 rings (SSSR count). The van der Waals surface area contributed by atoms with Crippen molar-refractivity contribution >= 4 is 11.6 Å². The summed E-state index contributed by atoms with van der Waals surface area (Å²) in [6.07, 6.45) is 2.73. The van der Waals surface area contributed by atoms with Crippen LogP contribution in [0, 0.1) is 5.82 Å². The molecule has 1 saturated carbocycles. The molecule has 1 fully saturated rings. The fourth-order valence-corrected chi connectivity index (χ4v) is 1.91. The van der Waals surface area contributed by atoms with Crippen LogP contribution in [0.25, 0.3) is 0 Å². The van der Waals surface area contributed by atoms with Crippen LogP contribution in [0.4, 0.5) is 4.39 Å². The minimum atomic E-state index is -0.704. The zero-order chi connectivity index (χ0) is 10.3. The van der Waals surface area contributed by atoms with Gasteiger partial charge in [-0.15, -0.1) is 0 Å². The highest BCUT2D eigenvalue weighted by atomic mass is 35.5. The fourth-order valence-electron chi connectivity index (χ4n) is 1.70. The average molecular weight is 216 g/mol. The summed E-state index contributed by atoms with van der Waals surface area (Å²) in [6, 6.07) is 2.81. The first-order valence-electron chi connectivity index (χ1n) is 4.50. The molecule has 0 amide bonds. The third-order valence-electron chi connectivity index (χ3n) is 2.84. The van der Waals surface area contributed by atoms with Gasteiger partial charge in [-0.3, -0.25) is 0 Å². The summed E-state index contributed by atoms with van der Waals surface area (Å²) in [5, 5.41) is 9.16. The van der Waals surface area contributed by atoms with Crippen LogP contribution >= 0.6 is 11.6 Å². The molecule has 0 spiro atoms. The Morgan fingerprint density at radius 3 is 2.50 bits per heavy atom. The average Bonchev–Trinajstić information content (AvgIpc) is 2.09. The van der Waals surface area contributed by atoms with Crippen LogP contribution in [0.15, 0.2) is 12.1 Å². The highest BCUT2D eigenvalue weighted by Gasteiger charge is 2.35. The number of hydrogen-bond donors (Lipinski definition) is 2. The predicted molar refractivity (Wildman–Crippen MR) is 52.8 cm³/mol. The summed E-state index contributed by atoms with van der Waals surface area (Å²) in [5.41, 5.74) is 6.23. The van der Waals surface area contributed by atoms with Crippen LogP contribution in [-0.2, 0) is 5.54 Å². The van der Waals surface area contributed by atoms with Crippen LogP contribution in [-0.4, -0.2) is 5.11 Å². The third-order valence-corrected chi connectivity index (χ3v) is 3.13. The molecule has 4 heteroatoms. The monoisotopic (exact) mass is 215 g/mol. The molecule has 2 nitrogen and oxygen atoms in total. The molecule has 1 aliphatic rings. The molecule has 1 aliphatic carbocycles. The van der Waals surface area contributed by atoms with Gasteiger partial charge >= 0.3 is 0 Å². The quantitative estimate of drug-likeness (QED) is 0.756. The highest BCUT2D eigenvalue weighted by molar-refractivity contribution is 6.32. The molecule has 0 heterocycles. The molecule has 14 heavy (non-hydrogen) atoms. The van der Waals surface area contributed by atoms with E-state index in [0.717, 1.165) is 19.3 Å². The molecule has 0 saturated heterocycles. The van der Waals surface area contributed by atoms with E-state index in [1.165, 1.54) is 6.07 Å². The van der Waals surface area contributed by atoms with E-state index in [2.05, 4.69) is 0 Å². The summed E-state index contributed by atoms with van der Waals surface area (Å²) in [7, 11) is 0. The Kier molecular flexibility index (Phi) is 2.16. The first-order valence-corrected chi connectivity index (χ1v) is 4.88. The molecule has 0 aromatic heterocycles. The van der Waals surface area contributed by atoms with Gasteiger partial charge in [-0.25, -0.2) is 4.39 Å². The predicted octanol–water partition coefficient (Wildman–Crippen LogP) is 2.52. The van der Waals surface area contributed by atoms with Crippen LogP contribution in [0.2, 0.25) is 5.02 Å². The number of phenolic OH excluding ortho intramolecular Hbond substituents is 1. The molecule has 0 atom stereocenters. The van der Waals surface area contributed by atoms with E-state index in [-0.39, 0.29) is 5.02 Å². The van der Waals surface area contributed by atoms with E-state index in [9.17, 15) is 4.39 Å². The number of nitrogens with two attached hydrogens (primary N) is 1. The van der Waals surface area contributed by atoms with E-state index in [0.29, 0.717) is 5.56 Å². The number of phenols is 1. The van der Waals surface area contributed by atoms with Gasteiger partial charge < -0.3 is 10.8 Å². The Morgan fingerprint density at radius 1 is 1.43 bits per heavy atom. The van der Waals surface area contributed by atoms with Gasteiger partial charge in [-0.1, -0.05) is 11.6 Å². The van der Waals surface area contributed by atoms with Gasteiger partial charge in [0.2, 0.25) is 0 Å². The standard InChI is InChI=1S/C10H11ClFNO/c11-7-4-6(5-8(12)9(7)14)10(13)2-1-3-10/h4-5,14H,1-3,13H2. The molecule has 0 radical (unpaired) electrons. The Morgan fingerprint density at radius 2 is 2.07 bits per heavy atom. The van der Waals surface area contributed by atoms with E-state index in [4.69, 9.17) is 22.4 Å². The van der Waals surface area contributed by atoms with Gasteiger partial charge in [-0.2, -0.15) is 0 Å². The molecule has 0 unspecified atom stereocenters. The molecule has 76 valence electrons. The lowest BCUT2D eigenvalue weighted by Crippen LogP contribution is -2.43. The Balaban J connectivity index is 2.45. The van der Waals surface area contributed by atoms with Gasteiger partial charge in [-0.05, 0) is 37.0 Å². The third kappa shape index (κ3) is 1.37. The first-order chi connectivity index (χ1) is 6.53. The minimum absolute atomic E-state index is 0.0247. The Bertz CT molecular complexity index is 353. The van der Waals surface area contributed by atoms with Crippen molar-refractivity contribution in [3.05, 3.63) is 28.5 Å². The maximum absolute atomic E-state index is 13.1. The van der Waals surface area contributed by atoms with Crippen molar-refractivity contribution < 1.29 is 9.50 Å². The SMILES string of the molecule is NC1(c2cc(F)c(O)c(Cl)c2)CCC1. The van der Waals surface area contributed by atoms with E-state index in [1.807, 2.05) is 0 Å². The Labute approximate surface area is 86.5 Å². The van der Waals surface area contributed by atoms with Crippen molar-refractivity contribution in [3.63, 3.8) is 0 Å². The molecule has 0 aliphatic heterocycles. The second kappa shape index (κ2) is 3.11. The van der Waals surface area contributed by atoms with Crippen LogP contribution in [0.3, 0.4) is 0 Å². The fraction of sp³-hybridized carbons (Fsp3) is 0.400. The zero-order valence-corrected chi connectivity index (χ0v) is 8.31. The normalized spacial score (nSPS) is 19.1. The largest absolute Gasteiger partial charge is 0.504 e. The van der Waals surface area contributed by atoms with Crippen LogP contribution in [0.1, 0.15) is 24.8 Å². The van der Waals surface area contributed by atoms with Crippen LogP contribution < -0.4 is 5.73 Å². The van der Waals surface area contributed by atoms with Crippen molar-refractivity contribution in [1.82, 2.24) is 0 Å². The molecule has 1 aromatic carbocycles. The summed E-state index contributed by atoms with van der Waals surface area (Å²) < 4.78 is 13.1. The van der Waals surface area contributed by atoms with Crippen molar-refractivity contribution in [2.24, 2.45) is 5.73 Å². The lowest BCUT2D eigenvalue weighted by Gasteiger charge is -2.38.